The summed E-state index contributed by atoms with van der Waals surface area (Å²) < 4.78 is 6.23. The van der Waals surface area contributed by atoms with Crippen LogP contribution in [0.2, 0.25) is 0 Å². The lowest BCUT2D eigenvalue weighted by Crippen LogP contribution is -2.29. The van der Waals surface area contributed by atoms with Gasteiger partial charge in [-0.25, -0.2) is 4.79 Å². The summed E-state index contributed by atoms with van der Waals surface area (Å²) >= 11 is 0. The van der Waals surface area contributed by atoms with Gasteiger partial charge in [0.15, 0.2) is 6.04 Å². The number of nitro groups is 1. The van der Waals surface area contributed by atoms with E-state index in [1.165, 1.54) is 6.92 Å². The smallest absolute Gasteiger partial charge is 0.458 e. The van der Waals surface area contributed by atoms with Gasteiger partial charge >= 0.3 is 11.9 Å². The van der Waals surface area contributed by atoms with E-state index in [2.05, 4.69) is 10.1 Å². The van der Waals surface area contributed by atoms with Gasteiger partial charge < -0.3 is 14.9 Å². The lowest BCUT2D eigenvalue weighted by molar-refractivity contribution is -0.394. The third kappa shape index (κ3) is 3.51. The van der Waals surface area contributed by atoms with Crippen LogP contribution in [-0.4, -0.2) is 31.3 Å². The predicted octanol–water partition coefficient (Wildman–Crippen LogP) is 1.09. The van der Waals surface area contributed by atoms with Crippen LogP contribution < -0.4 is 0 Å². The topological polar surface area (TPSA) is 100 Å². The average Bonchev–Trinajstić information content (AvgIpc) is 2.62. The second kappa shape index (κ2) is 4.48. The maximum Gasteiger partial charge on any atom is 0.490 e. The second-order valence-corrected chi connectivity index (χ2v) is 4.49. The Bertz CT molecular complexity index is 434. The number of hydrogen-bond donors (Lipinski definition) is 0. The summed E-state index contributed by atoms with van der Waals surface area (Å²) in [4.78, 5) is 24.8. The van der Waals surface area contributed by atoms with Gasteiger partial charge in [0.2, 0.25) is 6.33 Å². The molecule has 0 N–H and O–H groups in total. The van der Waals surface area contributed by atoms with Crippen LogP contribution in [0.1, 0.15) is 33.7 Å². The maximum atomic E-state index is 11.7. The summed E-state index contributed by atoms with van der Waals surface area (Å²) in [7, 11) is 0. The second-order valence-electron chi connectivity index (χ2n) is 4.49. The molecule has 0 aliphatic rings. The number of ether oxygens (including phenoxy) is 1. The number of esters is 1. The summed E-state index contributed by atoms with van der Waals surface area (Å²) in [5, 5.41) is 14.0. The van der Waals surface area contributed by atoms with E-state index in [1.54, 1.807) is 20.8 Å². The predicted molar refractivity (Wildman–Crippen MR) is 57.2 cm³/mol. The van der Waals surface area contributed by atoms with Crippen LogP contribution >= 0.6 is 0 Å². The molecule has 0 aromatic carbocycles. The van der Waals surface area contributed by atoms with Gasteiger partial charge in [-0.1, -0.05) is 4.98 Å². The third-order valence-corrected chi connectivity index (χ3v) is 1.80. The highest BCUT2D eigenvalue weighted by atomic mass is 16.6. The highest BCUT2D eigenvalue weighted by Crippen LogP contribution is 2.14. The lowest BCUT2D eigenvalue weighted by Gasteiger charge is -2.21. The molecule has 0 radical (unpaired) electrons. The monoisotopic (exact) mass is 242 g/mol. The van der Waals surface area contributed by atoms with Crippen LogP contribution in [-0.2, 0) is 9.53 Å². The molecule has 1 atom stereocenters. The van der Waals surface area contributed by atoms with Crippen molar-refractivity contribution in [1.29, 1.82) is 0 Å². The fourth-order valence-corrected chi connectivity index (χ4v) is 1.03. The van der Waals surface area contributed by atoms with Gasteiger partial charge in [-0.2, -0.15) is 4.68 Å². The van der Waals surface area contributed by atoms with Crippen molar-refractivity contribution in [3.8, 4) is 0 Å². The van der Waals surface area contributed by atoms with Crippen molar-refractivity contribution in [2.24, 2.45) is 0 Å². The van der Waals surface area contributed by atoms with Gasteiger partial charge in [0, 0.05) is 5.10 Å². The first-order chi connectivity index (χ1) is 7.70. The molecule has 17 heavy (non-hydrogen) atoms. The quantitative estimate of drug-likeness (QED) is 0.446. The molecule has 1 aromatic rings. The normalized spacial score (nSPS) is 13.2. The van der Waals surface area contributed by atoms with Crippen molar-refractivity contribution in [2.45, 2.75) is 39.3 Å². The third-order valence-electron chi connectivity index (χ3n) is 1.80. The van der Waals surface area contributed by atoms with E-state index in [0.717, 1.165) is 11.0 Å². The molecule has 1 rings (SSSR count). The van der Waals surface area contributed by atoms with E-state index in [4.69, 9.17) is 4.74 Å². The molecule has 1 heterocycles. The molecule has 94 valence electrons. The van der Waals surface area contributed by atoms with E-state index in [1.807, 2.05) is 0 Å². The molecule has 0 aliphatic carbocycles. The molecular weight excluding hydrogens is 228 g/mol. The summed E-state index contributed by atoms with van der Waals surface area (Å²) in [6.07, 6.45) is 1.13. The number of carbonyl (C=O) groups excluding carboxylic acids is 1. The van der Waals surface area contributed by atoms with E-state index < -0.39 is 28.5 Å². The minimum Gasteiger partial charge on any atom is -0.458 e. The lowest BCUT2D eigenvalue weighted by atomic mass is 10.2. The van der Waals surface area contributed by atoms with Gasteiger partial charge in [-0.15, -0.1) is 0 Å². The molecule has 0 saturated carbocycles. The summed E-state index contributed by atoms with van der Waals surface area (Å²) in [5.74, 6) is -1.06. The number of carbonyl (C=O) groups is 1. The molecule has 0 bridgehead atoms. The van der Waals surface area contributed by atoms with Gasteiger partial charge in [0.25, 0.3) is 0 Å². The van der Waals surface area contributed by atoms with Crippen molar-refractivity contribution in [3.05, 3.63) is 16.4 Å². The largest absolute Gasteiger partial charge is 0.490 e. The van der Waals surface area contributed by atoms with Crippen molar-refractivity contribution in [1.82, 2.24) is 14.8 Å². The van der Waals surface area contributed by atoms with E-state index in [0.29, 0.717) is 0 Å². The Morgan fingerprint density at radius 3 is 2.59 bits per heavy atom. The number of nitrogens with zero attached hydrogens (tertiary/aromatic N) is 4. The first-order valence-electron chi connectivity index (χ1n) is 4.99. The Morgan fingerprint density at radius 2 is 2.18 bits per heavy atom. The molecule has 0 spiro atoms. The molecular formula is C9H14N4O4. The Labute approximate surface area is 97.7 Å². The van der Waals surface area contributed by atoms with Crippen molar-refractivity contribution in [2.75, 3.05) is 0 Å². The van der Waals surface area contributed by atoms with Crippen molar-refractivity contribution < 1.29 is 14.5 Å². The van der Waals surface area contributed by atoms with Crippen LogP contribution in [0.15, 0.2) is 6.33 Å². The van der Waals surface area contributed by atoms with E-state index in [-0.39, 0.29) is 0 Å². The Morgan fingerprint density at radius 1 is 1.59 bits per heavy atom. The van der Waals surface area contributed by atoms with Crippen LogP contribution in [0, 0.1) is 10.1 Å². The van der Waals surface area contributed by atoms with Crippen LogP contribution in [0.5, 0.6) is 0 Å². The van der Waals surface area contributed by atoms with Gasteiger partial charge in [0.05, 0.1) is 0 Å². The molecule has 0 saturated heterocycles. The molecule has 0 fully saturated rings. The SMILES string of the molecule is CC(C(=O)OC(C)(C)C)n1cnc([N+](=O)[O-])n1. The van der Waals surface area contributed by atoms with Gasteiger partial charge in [-0.3, -0.25) is 0 Å². The Kier molecular flexibility index (Phi) is 3.45. The molecule has 8 nitrogen and oxygen atoms in total. The number of rotatable bonds is 3. The Hall–Kier alpha value is -1.99. The van der Waals surface area contributed by atoms with Crippen molar-refractivity contribution in [3.63, 3.8) is 0 Å². The first kappa shape index (κ1) is 13.1. The molecule has 1 unspecified atom stereocenters. The van der Waals surface area contributed by atoms with E-state index in [9.17, 15) is 14.9 Å². The average molecular weight is 242 g/mol. The maximum absolute atomic E-state index is 11.7. The van der Waals surface area contributed by atoms with Crippen LogP contribution in [0.25, 0.3) is 0 Å². The highest BCUT2D eigenvalue weighted by molar-refractivity contribution is 5.74. The summed E-state index contributed by atoms with van der Waals surface area (Å²) in [6.45, 7) is 6.75. The summed E-state index contributed by atoms with van der Waals surface area (Å²) in [6, 6.07) is -0.754. The molecule has 1 aromatic heterocycles. The zero-order valence-corrected chi connectivity index (χ0v) is 10.1. The number of aromatic nitrogens is 3. The fraction of sp³-hybridized carbons (Fsp3) is 0.667. The van der Waals surface area contributed by atoms with E-state index >= 15 is 0 Å². The molecule has 0 amide bonds. The fourth-order valence-electron chi connectivity index (χ4n) is 1.03. The molecule has 8 heteroatoms. The first-order valence-corrected chi connectivity index (χ1v) is 4.99. The Balaban J connectivity index is 2.78. The zero-order chi connectivity index (χ0) is 13.2. The minimum atomic E-state index is -0.754. The van der Waals surface area contributed by atoms with Crippen molar-refractivity contribution >= 4 is 11.9 Å². The van der Waals surface area contributed by atoms with Gasteiger partial charge in [0.1, 0.15) is 5.60 Å². The van der Waals surface area contributed by atoms with Crippen LogP contribution in [0.3, 0.4) is 0 Å². The number of hydrogen-bond acceptors (Lipinski definition) is 6. The van der Waals surface area contributed by atoms with Gasteiger partial charge in [-0.05, 0) is 32.6 Å². The van der Waals surface area contributed by atoms with Crippen LogP contribution in [0.4, 0.5) is 5.95 Å². The highest BCUT2D eigenvalue weighted by Gasteiger charge is 2.27. The zero-order valence-electron chi connectivity index (χ0n) is 10.1. The minimum absolute atomic E-state index is 0.516. The summed E-state index contributed by atoms with van der Waals surface area (Å²) in [5.41, 5.74) is -0.613. The standard InChI is InChI=1S/C9H14N4O4/c1-6(7(14)17-9(2,3)4)12-5-10-8(11-12)13(15)16/h5-6H,1-4H3. The molecule has 0 aliphatic heterocycles.